The second-order valence-electron chi connectivity index (χ2n) is 5.74. The highest BCUT2D eigenvalue weighted by Gasteiger charge is 2.30. The Morgan fingerprint density at radius 2 is 2.21 bits per heavy atom. The molecule has 102 valence electrons. The van der Waals surface area contributed by atoms with E-state index in [0.29, 0.717) is 18.0 Å². The molecule has 3 rings (SSSR count). The zero-order valence-electron chi connectivity index (χ0n) is 11.7. The first kappa shape index (κ1) is 12.9. The van der Waals surface area contributed by atoms with Crippen LogP contribution in [0.3, 0.4) is 0 Å². The molecule has 0 saturated carbocycles. The van der Waals surface area contributed by atoms with Crippen LogP contribution in [-0.4, -0.2) is 16.1 Å². The van der Waals surface area contributed by atoms with Gasteiger partial charge in [-0.05, 0) is 44.9 Å². The van der Waals surface area contributed by atoms with Crippen molar-refractivity contribution in [1.82, 2.24) is 14.9 Å². The minimum Gasteiger partial charge on any atom is -0.323 e. The van der Waals surface area contributed by atoms with E-state index < -0.39 is 0 Å². The van der Waals surface area contributed by atoms with Gasteiger partial charge >= 0.3 is 0 Å². The normalized spacial score (nSPS) is 23.6. The number of hydrogen-bond acceptors (Lipinski definition) is 2. The number of halogens is 1. The van der Waals surface area contributed by atoms with Gasteiger partial charge in [-0.1, -0.05) is 24.6 Å². The fourth-order valence-corrected chi connectivity index (χ4v) is 3.31. The highest BCUT2D eigenvalue weighted by molar-refractivity contribution is 6.35. The standard InChI is InChI=1S/C15H20ClN3/c1-9(2)19-14-11(16)5-4-6-12(14)18-15(19)13-10(3)7-8-17-13/h4-6,9-10,13,17H,7-8H2,1-3H3. The van der Waals surface area contributed by atoms with Crippen LogP contribution in [0.5, 0.6) is 0 Å². The van der Waals surface area contributed by atoms with Crippen molar-refractivity contribution in [1.29, 1.82) is 0 Å². The Balaban J connectivity index is 2.24. The van der Waals surface area contributed by atoms with Gasteiger partial charge in [-0.15, -0.1) is 0 Å². The number of hydrogen-bond donors (Lipinski definition) is 1. The predicted molar refractivity (Wildman–Crippen MR) is 79.7 cm³/mol. The molecular formula is C15H20ClN3. The summed E-state index contributed by atoms with van der Waals surface area (Å²) < 4.78 is 2.29. The van der Waals surface area contributed by atoms with Crippen molar-refractivity contribution >= 4 is 22.6 Å². The highest BCUT2D eigenvalue weighted by atomic mass is 35.5. The Labute approximate surface area is 119 Å². The SMILES string of the molecule is CC1CCNC1c1nc2cccc(Cl)c2n1C(C)C. The summed E-state index contributed by atoms with van der Waals surface area (Å²) in [5.41, 5.74) is 2.06. The molecule has 2 heterocycles. The molecule has 19 heavy (non-hydrogen) atoms. The lowest BCUT2D eigenvalue weighted by Crippen LogP contribution is -2.22. The van der Waals surface area contributed by atoms with Crippen LogP contribution >= 0.6 is 11.6 Å². The first-order valence-electron chi connectivity index (χ1n) is 6.99. The maximum absolute atomic E-state index is 6.38. The maximum Gasteiger partial charge on any atom is 0.127 e. The predicted octanol–water partition coefficient (Wildman–Crippen LogP) is 3.94. The van der Waals surface area contributed by atoms with E-state index in [1.165, 1.54) is 6.42 Å². The van der Waals surface area contributed by atoms with Gasteiger partial charge in [-0.25, -0.2) is 4.98 Å². The Morgan fingerprint density at radius 1 is 1.42 bits per heavy atom. The highest BCUT2D eigenvalue weighted by Crippen LogP contribution is 2.35. The lowest BCUT2D eigenvalue weighted by molar-refractivity contribution is 0.444. The average Bonchev–Trinajstić information content (AvgIpc) is 2.92. The van der Waals surface area contributed by atoms with Gasteiger partial charge in [0, 0.05) is 6.04 Å². The fraction of sp³-hybridized carbons (Fsp3) is 0.533. The van der Waals surface area contributed by atoms with Crippen molar-refractivity contribution in [3.05, 3.63) is 29.0 Å². The summed E-state index contributed by atoms with van der Waals surface area (Å²) in [6.07, 6.45) is 1.21. The summed E-state index contributed by atoms with van der Waals surface area (Å²) in [5, 5.41) is 4.36. The van der Waals surface area contributed by atoms with Crippen LogP contribution in [0.4, 0.5) is 0 Å². The third-order valence-electron chi connectivity index (χ3n) is 4.02. The molecule has 0 radical (unpaired) electrons. The monoisotopic (exact) mass is 277 g/mol. The molecule has 1 fully saturated rings. The quantitative estimate of drug-likeness (QED) is 0.901. The molecule has 4 heteroatoms. The van der Waals surface area contributed by atoms with Crippen molar-refractivity contribution in [3.63, 3.8) is 0 Å². The molecule has 2 atom stereocenters. The van der Waals surface area contributed by atoms with Crippen molar-refractivity contribution in [2.75, 3.05) is 6.54 Å². The van der Waals surface area contributed by atoms with Crippen LogP contribution in [0, 0.1) is 5.92 Å². The number of nitrogens with zero attached hydrogens (tertiary/aromatic N) is 2. The van der Waals surface area contributed by atoms with Gasteiger partial charge in [0.05, 0.1) is 22.1 Å². The Hall–Kier alpha value is -1.06. The summed E-state index contributed by atoms with van der Waals surface area (Å²) in [6.45, 7) is 7.73. The van der Waals surface area contributed by atoms with Crippen LogP contribution in [0.15, 0.2) is 18.2 Å². The number of para-hydroxylation sites is 1. The van der Waals surface area contributed by atoms with Crippen LogP contribution < -0.4 is 5.32 Å². The van der Waals surface area contributed by atoms with Gasteiger partial charge in [-0.3, -0.25) is 0 Å². The zero-order chi connectivity index (χ0) is 13.6. The second-order valence-corrected chi connectivity index (χ2v) is 6.15. The third kappa shape index (κ3) is 2.05. The number of rotatable bonds is 2. The number of aromatic nitrogens is 2. The van der Waals surface area contributed by atoms with Crippen molar-refractivity contribution < 1.29 is 0 Å². The van der Waals surface area contributed by atoms with E-state index in [0.717, 1.165) is 28.4 Å². The van der Waals surface area contributed by atoms with E-state index in [4.69, 9.17) is 16.6 Å². The average molecular weight is 278 g/mol. The van der Waals surface area contributed by atoms with Crippen LogP contribution in [0.2, 0.25) is 5.02 Å². The van der Waals surface area contributed by atoms with Gasteiger partial charge in [0.15, 0.2) is 0 Å². The van der Waals surface area contributed by atoms with Gasteiger partial charge in [0.1, 0.15) is 5.82 Å². The number of fused-ring (bicyclic) bond motifs is 1. The molecule has 1 aromatic heterocycles. The molecular weight excluding hydrogens is 258 g/mol. The molecule has 1 saturated heterocycles. The molecule has 0 aliphatic carbocycles. The topological polar surface area (TPSA) is 29.9 Å². The van der Waals surface area contributed by atoms with Crippen molar-refractivity contribution in [2.24, 2.45) is 5.92 Å². The van der Waals surface area contributed by atoms with Crippen LogP contribution in [0.1, 0.15) is 45.1 Å². The summed E-state index contributed by atoms with van der Waals surface area (Å²) >= 11 is 6.38. The Morgan fingerprint density at radius 3 is 2.84 bits per heavy atom. The summed E-state index contributed by atoms with van der Waals surface area (Å²) in [7, 11) is 0. The first-order chi connectivity index (χ1) is 9.09. The van der Waals surface area contributed by atoms with Crippen molar-refractivity contribution in [2.45, 2.75) is 39.3 Å². The maximum atomic E-state index is 6.38. The molecule has 2 aromatic rings. The molecule has 3 nitrogen and oxygen atoms in total. The molecule has 1 aliphatic rings. The van der Waals surface area contributed by atoms with E-state index >= 15 is 0 Å². The van der Waals surface area contributed by atoms with Crippen LogP contribution in [-0.2, 0) is 0 Å². The van der Waals surface area contributed by atoms with E-state index in [1.807, 2.05) is 18.2 Å². The lowest BCUT2D eigenvalue weighted by Gasteiger charge is -2.20. The van der Waals surface area contributed by atoms with Gasteiger partial charge in [-0.2, -0.15) is 0 Å². The van der Waals surface area contributed by atoms with Gasteiger partial charge in [0.2, 0.25) is 0 Å². The van der Waals surface area contributed by atoms with Crippen LogP contribution in [0.25, 0.3) is 11.0 Å². The molecule has 1 N–H and O–H groups in total. The first-order valence-corrected chi connectivity index (χ1v) is 7.37. The fourth-order valence-electron chi connectivity index (χ4n) is 3.05. The second kappa shape index (κ2) is 4.80. The van der Waals surface area contributed by atoms with E-state index in [-0.39, 0.29) is 0 Å². The Kier molecular flexibility index (Phi) is 3.27. The Bertz CT molecular complexity index is 603. The molecule has 2 unspecified atom stereocenters. The van der Waals surface area contributed by atoms with Gasteiger partial charge < -0.3 is 9.88 Å². The van der Waals surface area contributed by atoms with Crippen molar-refractivity contribution in [3.8, 4) is 0 Å². The summed E-state index contributed by atoms with van der Waals surface area (Å²) in [6, 6.07) is 6.65. The van der Waals surface area contributed by atoms with Gasteiger partial charge in [0.25, 0.3) is 0 Å². The summed E-state index contributed by atoms with van der Waals surface area (Å²) in [4.78, 5) is 4.84. The largest absolute Gasteiger partial charge is 0.323 e. The number of imidazole rings is 1. The number of nitrogens with one attached hydrogen (secondary N) is 1. The minimum absolute atomic E-state index is 0.339. The molecule has 1 aliphatic heterocycles. The van der Waals surface area contributed by atoms with E-state index in [1.54, 1.807) is 0 Å². The molecule has 0 amide bonds. The smallest absolute Gasteiger partial charge is 0.127 e. The molecule has 0 bridgehead atoms. The van der Waals surface area contributed by atoms with E-state index in [9.17, 15) is 0 Å². The minimum atomic E-state index is 0.339. The summed E-state index contributed by atoms with van der Waals surface area (Å²) in [5.74, 6) is 1.75. The van der Waals surface area contributed by atoms with E-state index in [2.05, 4.69) is 30.7 Å². The zero-order valence-corrected chi connectivity index (χ0v) is 12.4. The third-order valence-corrected chi connectivity index (χ3v) is 4.32. The lowest BCUT2D eigenvalue weighted by atomic mass is 10.0. The molecule has 0 spiro atoms. The molecule has 1 aromatic carbocycles. The number of benzene rings is 1.